The zero-order chi connectivity index (χ0) is 13.0. The van der Waals surface area contributed by atoms with Crippen LogP contribution in [0, 0.1) is 5.92 Å². The molecule has 0 aromatic rings. The quantitative estimate of drug-likeness (QED) is 0.805. The first-order chi connectivity index (χ1) is 8.59. The van der Waals surface area contributed by atoms with E-state index >= 15 is 0 Å². The lowest BCUT2D eigenvalue weighted by Crippen LogP contribution is -2.49. The Labute approximate surface area is 112 Å². The van der Waals surface area contributed by atoms with E-state index in [-0.39, 0.29) is 0 Å². The topological polar surface area (TPSA) is 35.5 Å². The molecule has 1 aliphatic heterocycles. The van der Waals surface area contributed by atoms with E-state index in [0.29, 0.717) is 6.04 Å². The van der Waals surface area contributed by atoms with Gasteiger partial charge in [-0.3, -0.25) is 0 Å². The van der Waals surface area contributed by atoms with Crippen molar-refractivity contribution in [2.75, 3.05) is 26.7 Å². The van der Waals surface area contributed by atoms with Crippen molar-refractivity contribution < 1.29 is 5.11 Å². The van der Waals surface area contributed by atoms with Gasteiger partial charge in [-0.05, 0) is 52.1 Å². The third kappa shape index (κ3) is 3.94. The van der Waals surface area contributed by atoms with Gasteiger partial charge in [-0.25, -0.2) is 0 Å². The average molecular weight is 254 g/mol. The largest absolute Gasteiger partial charge is 0.389 e. The highest BCUT2D eigenvalue weighted by molar-refractivity contribution is 4.87. The highest BCUT2D eigenvalue weighted by Gasteiger charge is 2.30. The summed E-state index contributed by atoms with van der Waals surface area (Å²) in [6, 6.07) is 0.527. The molecule has 18 heavy (non-hydrogen) atoms. The molecule has 0 amide bonds. The zero-order valence-corrected chi connectivity index (χ0v) is 12.1. The van der Waals surface area contributed by atoms with E-state index < -0.39 is 5.60 Å². The molecule has 0 aromatic heterocycles. The zero-order valence-electron chi connectivity index (χ0n) is 12.1. The summed E-state index contributed by atoms with van der Waals surface area (Å²) < 4.78 is 0. The Bertz CT molecular complexity index is 251. The third-order valence-corrected chi connectivity index (χ3v) is 4.91. The second kappa shape index (κ2) is 6.36. The monoisotopic (exact) mass is 254 g/mol. The van der Waals surface area contributed by atoms with Gasteiger partial charge in [0, 0.05) is 19.1 Å². The number of hydrogen-bond donors (Lipinski definition) is 2. The second-order valence-electron chi connectivity index (χ2n) is 6.62. The Hall–Kier alpha value is -0.120. The average Bonchev–Trinajstić information content (AvgIpc) is 2.37. The Morgan fingerprint density at radius 1 is 1.28 bits per heavy atom. The van der Waals surface area contributed by atoms with E-state index in [2.05, 4.69) is 24.2 Å². The highest BCUT2D eigenvalue weighted by atomic mass is 16.3. The Kier molecular flexibility index (Phi) is 5.05. The van der Waals surface area contributed by atoms with Gasteiger partial charge in [-0.2, -0.15) is 0 Å². The molecular formula is C15H30N2O. The Morgan fingerprint density at radius 3 is 2.67 bits per heavy atom. The van der Waals surface area contributed by atoms with Crippen molar-refractivity contribution in [3.05, 3.63) is 0 Å². The van der Waals surface area contributed by atoms with Crippen LogP contribution >= 0.6 is 0 Å². The lowest BCUT2D eigenvalue weighted by atomic mass is 9.84. The molecule has 1 heterocycles. The van der Waals surface area contributed by atoms with Gasteiger partial charge >= 0.3 is 0 Å². The van der Waals surface area contributed by atoms with Gasteiger partial charge in [0.15, 0.2) is 0 Å². The highest BCUT2D eigenvalue weighted by Crippen LogP contribution is 2.28. The van der Waals surface area contributed by atoms with Gasteiger partial charge in [0.05, 0.1) is 5.60 Å². The molecule has 2 aliphatic rings. The first-order valence-electron chi connectivity index (χ1n) is 7.73. The minimum Gasteiger partial charge on any atom is -0.389 e. The number of hydrogen-bond acceptors (Lipinski definition) is 3. The first-order valence-corrected chi connectivity index (χ1v) is 7.73. The standard InChI is InChI=1S/C15H30N2O/c1-13(14-7-6-10-17(2)11-14)16-12-15(18)8-4-3-5-9-15/h13-14,16,18H,3-12H2,1-2H3. The van der Waals surface area contributed by atoms with Gasteiger partial charge in [-0.15, -0.1) is 0 Å². The molecule has 1 aliphatic carbocycles. The van der Waals surface area contributed by atoms with Gasteiger partial charge in [0.2, 0.25) is 0 Å². The van der Waals surface area contributed by atoms with Gasteiger partial charge in [0.25, 0.3) is 0 Å². The van der Waals surface area contributed by atoms with E-state index in [1.165, 1.54) is 45.2 Å². The summed E-state index contributed by atoms with van der Waals surface area (Å²) in [4.78, 5) is 2.43. The molecule has 1 saturated heterocycles. The summed E-state index contributed by atoms with van der Waals surface area (Å²) in [5.41, 5.74) is -0.424. The fourth-order valence-electron chi connectivity index (χ4n) is 3.52. The smallest absolute Gasteiger partial charge is 0.0771 e. The normalized spacial score (nSPS) is 31.2. The van der Waals surface area contributed by atoms with E-state index in [9.17, 15) is 5.11 Å². The molecule has 0 spiro atoms. The number of likely N-dealkylation sites (tertiary alicyclic amines) is 1. The predicted octanol–water partition coefficient (Wildman–Crippen LogP) is 2.00. The fourth-order valence-corrected chi connectivity index (χ4v) is 3.52. The van der Waals surface area contributed by atoms with Crippen molar-refractivity contribution in [1.29, 1.82) is 0 Å². The van der Waals surface area contributed by atoms with Crippen LogP contribution in [0.5, 0.6) is 0 Å². The van der Waals surface area contributed by atoms with Crippen LogP contribution in [0.4, 0.5) is 0 Å². The van der Waals surface area contributed by atoms with Crippen LogP contribution in [-0.2, 0) is 0 Å². The maximum absolute atomic E-state index is 10.5. The summed E-state index contributed by atoms with van der Waals surface area (Å²) in [6.07, 6.45) is 8.30. The van der Waals surface area contributed by atoms with Gasteiger partial charge in [0.1, 0.15) is 0 Å². The molecule has 2 N–H and O–H groups in total. The van der Waals surface area contributed by atoms with Crippen molar-refractivity contribution in [3.63, 3.8) is 0 Å². The summed E-state index contributed by atoms with van der Waals surface area (Å²) in [6.45, 7) is 5.52. The molecule has 2 unspecified atom stereocenters. The summed E-state index contributed by atoms with van der Waals surface area (Å²) in [7, 11) is 2.22. The van der Waals surface area contributed by atoms with E-state index in [1.54, 1.807) is 0 Å². The fraction of sp³-hybridized carbons (Fsp3) is 1.00. The lowest BCUT2D eigenvalue weighted by molar-refractivity contribution is 0.000404. The third-order valence-electron chi connectivity index (χ3n) is 4.91. The van der Waals surface area contributed by atoms with Gasteiger partial charge in [-0.1, -0.05) is 19.3 Å². The number of nitrogens with zero attached hydrogens (tertiary/aromatic N) is 1. The number of aliphatic hydroxyl groups is 1. The predicted molar refractivity (Wildman–Crippen MR) is 75.7 cm³/mol. The molecule has 0 bridgehead atoms. The lowest BCUT2D eigenvalue weighted by Gasteiger charge is -2.37. The number of piperidine rings is 1. The molecule has 2 atom stereocenters. The Morgan fingerprint density at radius 2 is 2.00 bits per heavy atom. The van der Waals surface area contributed by atoms with Gasteiger partial charge < -0.3 is 15.3 Å². The molecule has 106 valence electrons. The maximum atomic E-state index is 10.5. The van der Waals surface area contributed by atoms with Crippen molar-refractivity contribution in [2.45, 2.75) is 63.5 Å². The van der Waals surface area contributed by atoms with Crippen LogP contribution in [0.25, 0.3) is 0 Å². The number of nitrogens with one attached hydrogen (secondary N) is 1. The molecule has 2 rings (SSSR count). The van der Waals surface area contributed by atoms with Crippen LogP contribution < -0.4 is 5.32 Å². The Balaban J connectivity index is 1.74. The van der Waals surface area contributed by atoms with Crippen molar-refractivity contribution in [3.8, 4) is 0 Å². The van der Waals surface area contributed by atoms with Crippen molar-refractivity contribution in [1.82, 2.24) is 10.2 Å². The van der Waals surface area contributed by atoms with E-state index in [4.69, 9.17) is 0 Å². The van der Waals surface area contributed by atoms with Crippen LogP contribution in [0.2, 0.25) is 0 Å². The van der Waals surface area contributed by atoms with Crippen molar-refractivity contribution >= 4 is 0 Å². The molecule has 2 fully saturated rings. The molecule has 3 nitrogen and oxygen atoms in total. The molecule has 0 radical (unpaired) electrons. The molecule has 1 saturated carbocycles. The maximum Gasteiger partial charge on any atom is 0.0771 e. The van der Waals surface area contributed by atoms with Crippen LogP contribution in [0.15, 0.2) is 0 Å². The molecule has 3 heteroatoms. The first kappa shape index (κ1) is 14.3. The SMILES string of the molecule is CC(NCC1(O)CCCCC1)C1CCCN(C)C1. The van der Waals surface area contributed by atoms with Crippen molar-refractivity contribution in [2.24, 2.45) is 5.92 Å². The van der Waals surface area contributed by atoms with E-state index in [0.717, 1.165) is 25.3 Å². The van der Waals surface area contributed by atoms with Crippen LogP contribution in [0.1, 0.15) is 51.9 Å². The summed E-state index contributed by atoms with van der Waals surface area (Å²) in [5, 5.41) is 14.1. The summed E-state index contributed by atoms with van der Waals surface area (Å²) in [5.74, 6) is 0.746. The molecule has 0 aromatic carbocycles. The van der Waals surface area contributed by atoms with Crippen LogP contribution in [-0.4, -0.2) is 48.3 Å². The molecular weight excluding hydrogens is 224 g/mol. The minimum atomic E-state index is -0.424. The number of rotatable bonds is 4. The summed E-state index contributed by atoms with van der Waals surface area (Å²) >= 11 is 0. The minimum absolute atomic E-state index is 0.424. The van der Waals surface area contributed by atoms with Crippen LogP contribution in [0.3, 0.4) is 0 Å². The second-order valence-corrected chi connectivity index (χ2v) is 6.62. The van der Waals surface area contributed by atoms with E-state index in [1.807, 2.05) is 0 Å².